The number of hydrogen-bond acceptors (Lipinski definition) is 2. The van der Waals surface area contributed by atoms with Crippen LogP contribution in [0.4, 0.5) is 13.2 Å². The molecule has 6 heteroatoms. The minimum atomic E-state index is -4.40. The predicted octanol–water partition coefficient (Wildman–Crippen LogP) is 4.61. The Labute approximate surface area is 118 Å². The van der Waals surface area contributed by atoms with Crippen LogP contribution in [0.1, 0.15) is 11.1 Å². The van der Waals surface area contributed by atoms with Crippen molar-refractivity contribution in [2.45, 2.75) is 12.7 Å². The highest BCUT2D eigenvalue weighted by Crippen LogP contribution is 2.34. The van der Waals surface area contributed by atoms with E-state index in [1.54, 1.807) is 24.3 Å². The third-order valence-corrected chi connectivity index (χ3v) is 2.90. The van der Waals surface area contributed by atoms with Crippen LogP contribution in [0.5, 0.6) is 11.5 Å². The van der Waals surface area contributed by atoms with Gasteiger partial charge in [-0.05, 0) is 42.5 Å². The molecule has 0 aliphatic rings. The Kier molecular flexibility index (Phi) is 4.20. The number of rotatable bonds is 3. The maximum Gasteiger partial charge on any atom is 0.416 e. The van der Waals surface area contributed by atoms with E-state index < -0.39 is 11.7 Å². The lowest BCUT2D eigenvalue weighted by molar-refractivity contribution is -0.137. The van der Waals surface area contributed by atoms with E-state index in [0.717, 1.165) is 12.1 Å². The Morgan fingerprint density at radius 2 is 1.70 bits per heavy atom. The highest BCUT2D eigenvalue weighted by Gasteiger charge is 2.31. The van der Waals surface area contributed by atoms with Crippen molar-refractivity contribution < 1.29 is 17.9 Å². The van der Waals surface area contributed by atoms with Gasteiger partial charge in [-0.25, -0.2) is 0 Å². The largest absolute Gasteiger partial charge is 0.457 e. The Hall–Kier alpha value is -1.72. The number of nitrogens with two attached hydrogens (primary N) is 1. The lowest BCUT2D eigenvalue weighted by Crippen LogP contribution is -2.08. The second-order valence-corrected chi connectivity index (χ2v) is 4.52. The fraction of sp³-hybridized carbons (Fsp3) is 0.143. The number of ether oxygens (including phenoxy) is 1. The monoisotopic (exact) mass is 301 g/mol. The standard InChI is InChI=1S/C14H11ClF3NO/c15-11-2-4-12(5-3-11)20-13-6-1-10(14(16,17)18)7-9(13)8-19/h1-7H,8,19H2. The van der Waals surface area contributed by atoms with Gasteiger partial charge in [0.25, 0.3) is 0 Å². The fourth-order valence-corrected chi connectivity index (χ4v) is 1.77. The molecule has 0 saturated carbocycles. The van der Waals surface area contributed by atoms with Gasteiger partial charge < -0.3 is 10.5 Å². The normalized spacial score (nSPS) is 11.4. The van der Waals surface area contributed by atoms with Gasteiger partial charge in [0.2, 0.25) is 0 Å². The van der Waals surface area contributed by atoms with Crippen LogP contribution in [0, 0.1) is 0 Å². The molecule has 0 fully saturated rings. The molecule has 2 rings (SSSR count). The van der Waals surface area contributed by atoms with Gasteiger partial charge in [0.05, 0.1) is 5.56 Å². The molecule has 0 heterocycles. The van der Waals surface area contributed by atoms with Crippen molar-refractivity contribution in [1.29, 1.82) is 0 Å². The van der Waals surface area contributed by atoms with Gasteiger partial charge in [-0.3, -0.25) is 0 Å². The highest BCUT2D eigenvalue weighted by molar-refractivity contribution is 6.30. The van der Waals surface area contributed by atoms with E-state index in [1.165, 1.54) is 6.07 Å². The van der Waals surface area contributed by atoms with Gasteiger partial charge >= 0.3 is 6.18 Å². The molecule has 0 unspecified atom stereocenters. The number of benzene rings is 2. The maximum atomic E-state index is 12.6. The van der Waals surface area contributed by atoms with E-state index in [-0.39, 0.29) is 12.1 Å². The quantitative estimate of drug-likeness (QED) is 0.898. The van der Waals surface area contributed by atoms with Crippen molar-refractivity contribution in [3.05, 3.63) is 58.6 Å². The zero-order chi connectivity index (χ0) is 14.8. The summed E-state index contributed by atoms with van der Waals surface area (Å²) < 4.78 is 43.3. The SMILES string of the molecule is NCc1cc(C(F)(F)F)ccc1Oc1ccc(Cl)cc1. The molecule has 0 aromatic heterocycles. The molecule has 0 atom stereocenters. The number of halogens is 4. The molecule has 0 saturated heterocycles. The van der Waals surface area contributed by atoms with E-state index in [4.69, 9.17) is 22.1 Å². The molecule has 106 valence electrons. The van der Waals surface area contributed by atoms with Crippen LogP contribution in [-0.4, -0.2) is 0 Å². The third kappa shape index (κ3) is 3.43. The van der Waals surface area contributed by atoms with Gasteiger partial charge in [0, 0.05) is 17.1 Å². The Balaban J connectivity index is 2.30. The number of alkyl halides is 3. The summed E-state index contributed by atoms with van der Waals surface area (Å²) in [5.74, 6) is 0.770. The molecular weight excluding hydrogens is 291 g/mol. The van der Waals surface area contributed by atoms with Crippen molar-refractivity contribution in [2.24, 2.45) is 5.73 Å². The molecule has 0 bridgehead atoms. The van der Waals surface area contributed by atoms with Crippen LogP contribution >= 0.6 is 11.6 Å². The minimum absolute atomic E-state index is 0.0488. The molecule has 2 aromatic carbocycles. The molecule has 0 aliphatic heterocycles. The lowest BCUT2D eigenvalue weighted by Gasteiger charge is -2.13. The van der Waals surface area contributed by atoms with Crippen LogP contribution in [-0.2, 0) is 12.7 Å². The Bertz CT molecular complexity index is 596. The average molecular weight is 302 g/mol. The Morgan fingerprint density at radius 1 is 1.05 bits per heavy atom. The first kappa shape index (κ1) is 14.7. The van der Waals surface area contributed by atoms with Crippen LogP contribution in [0.25, 0.3) is 0 Å². The first-order chi connectivity index (χ1) is 9.40. The topological polar surface area (TPSA) is 35.2 Å². The summed E-state index contributed by atoms with van der Waals surface area (Å²) in [7, 11) is 0. The molecule has 0 amide bonds. The van der Waals surface area contributed by atoms with Crippen molar-refractivity contribution in [2.75, 3.05) is 0 Å². The minimum Gasteiger partial charge on any atom is -0.457 e. The summed E-state index contributed by atoms with van der Waals surface area (Å²) in [6.07, 6.45) is -4.40. The maximum absolute atomic E-state index is 12.6. The van der Waals surface area contributed by atoms with Gasteiger partial charge in [-0.1, -0.05) is 11.6 Å². The summed E-state index contributed by atoms with van der Waals surface area (Å²) in [6.45, 7) is -0.0488. The molecule has 0 radical (unpaired) electrons. The fourth-order valence-electron chi connectivity index (χ4n) is 1.64. The smallest absolute Gasteiger partial charge is 0.416 e. The van der Waals surface area contributed by atoms with E-state index in [0.29, 0.717) is 16.5 Å². The van der Waals surface area contributed by atoms with E-state index in [9.17, 15) is 13.2 Å². The molecule has 2 N–H and O–H groups in total. The van der Waals surface area contributed by atoms with Crippen molar-refractivity contribution >= 4 is 11.6 Å². The summed E-state index contributed by atoms with van der Waals surface area (Å²) in [4.78, 5) is 0. The van der Waals surface area contributed by atoms with Gasteiger partial charge in [0.15, 0.2) is 0 Å². The second-order valence-electron chi connectivity index (χ2n) is 4.08. The Morgan fingerprint density at radius 3 is 2.25 bits per heavy atom. The second kappa shape index (κ2) is 5.73. The summed E-state index contributed by atoms with van der Waals surface area (Å²) in [5, 5.41) is 0.545. The average Bonchev–Trinajstić information content (AvgIpc) is 2.40. The third-order valence-electron chi connectivity index (χ3n) is 2.65. The molecule has 2 aromatic rings. The van der Waals surface area contributed by atoms with Crippen LogP contribution in [0.15, 0.2) is 42.5 Å². The van der Waals surface area contributed by atoms with E-state index in [2.05, 4.69) is 0 Å². The van der Waals surface area contributed by atoms with Gasteiger partial charge in [-0.15, -0.1) is 0 Å². The van der Waals surface area contributed by atoms with E-state index in [1.807, 2.05) is 0 Å². The zero-order valence-electron chi connectivity index (χ0n) is 10.2. The van der Waals surface area contributed by atoms with E-state index >= 15 is 0 Å². The summed E-state index contributed by atoms with van der Waals surface area (Å²) >= 11 is 5.74. The zero-order valence-corrected chi connectivity index (χ0v) is 11.0. The highest BCUT2D eigenvalue weighted by atomic mass is 35.5. The summed E-state index contributed by atoms with van der Waals surface area (Å²) in [5.41, 5.74) is 5.01. The number of hydrogen-bond donors (Lipinski definition) is 1. The van der Waals surface area contributed by atoms with Crippen molar-refractivity contribution in [1.82, 2.24) is 0 Å². The molecule has 0 aliphatic carbocycles. The van der Waals surface area contributed by atoms with Gasteiger partial charge in [0.1, 0.15) is 11.5 Å². The first-order valence-corrected chi connectivity index (χ1v) is 6.11. The van der Waals surface area contributed by atoms with Gasteiger partial charge in [-0.2, -0.15) is 13.2 Å². The molecule has 20 heavy (non-hydrogen) atoms. The predicted molar refractivity (Wildman–Crippen MR) is 70.9 cm³/mol. The van der Waals surface area contributed by atoms with Crippen LogP contribution in [0.3, 0.4) is 0 Å². The van der Waals surface area contributed by atoms with Crippen molar-refractivity contribution in [3.63, 3.8) is 0 Å². The molecule has 2 nitrogen and oxygen atoms in total. The van der Waals surface area contributed by atoms with Crippen molar-refractivity contribution in [3.8, 4) is 11.5 Å². The lowest BCUT2D eigenvalue weighted by atomic mass is 10.1. The van der Waals surface area contributed by atoms with Crippen LogP contribution in [0.2, 0.25) is 5.02 Å². The van der Waals surface area contributed by atoms with Crippen LogP contribution < -0.4 is 10.5 Å². The molecular formula is C14H11ClF3NO. The molecule has 0 spiro atoms. The summed E-state index contributed by atoms with van der Waals surface area (Å²) in [6, 6.07) is 9.72. The first-order valence-electron chi connectivity index (χ1n) is 5.74.